The number of thiocarbonyl (C=S) groups is 1. The van der Waals surface area contributed by atoms with Gasteiger partial charge in [-0.1, -0.05) is 37.2 Å². The van der Waals surface area contributed by atoms with Crippen LogP contribution in [0.15, 0.2) is 18.3 Å². The first-order valence-corrected chi connectivity index (χ1v) is 6.05. The Morgan fingerprint density at radius 1 is 1.65 bits per heavy atom. The summed E-state index contributed by atoms with van der Waals surface area (Å²) in [6.45, 7) is 2.00. The van der Waals surface area contributed by atoms with E-state index in [0.717, 1.165) is 6.42 Å². The van der Waals surface area contributed by atoms with Crippen LogP contribution in [0.1, 0.15) is 30.3 Å². The average molecular weight is 272 g/mol. The van der Waals surface area contributed by atoms with E-state index >= 15 is 0 Å². The summed E-state index contributed by atoms with van der Waals surface area (Å²) in [5.74, 6) is -0.298. The highest BCUT2D eigenvalue weighted by Gasteiger charge is 2.15. The number of hydrogen-bond donors (Lipinski definition) is 2. The molecule has 1 atom stereocenters. The summed E-state index contributed by atoms with van der Waals surface area (Å²) in [5, 5.41) is 3.23. The molecule has 0 fully saturated rings. The largest absolute Gasteiger partial charge is 0.392 e. The molecule has 0 spiro atoms. The Kier molecular flexibility index (Phi) is 5.31. The number of nitrogens with two attached hydrogens (primary N) is 1. The van der Waals surface area contributed by atoms with Gasteiger partial charge in [0.25, 0.3) is 5.91 Å². The second kappa shape index (κ2) is 6.51. The van der Waals surface area contributed by atoms with Crippen LogP contribution < -0.4 is 11.1 Å². The van der Waals surface area contributed by atoms with Gasteiger partial charge in [-0.05, 0) is 18.6 Å². The first-order chi connectivity index (χ1) is 8.04. The number of amides is 1. The lowest BCUT2D eigenvalue weighted by atomic mass is 10.1. The first-order valence-electron chi connectivity index (χ1n) is 5.26. The maximum absolute atomic E-state index is 11.8. The predicted molar refractivity (Wildman–Crippen MR) is 72.2 cm³/mol. The Bertz CT molecular complexity index is 408. The van der Waals surface area contributed by atoms with Crippen molar-refractivity contribution in [3.05, 3.63) is 29.0 Å². The highest BCUT2D eigenvalue weighted by molar-refractivity contribution is 7.80. The van der Waals surface area contributed by atoms with Crippen LogP contribution in [0, 0.1) is 0 Å². The maximum atomic E-state index is 11.8. The van der Waals surface area contributed by atoms with Gasteiger partial charge in [0.15, 0.2) is 0 Å². The van der Waals surface area contributed by atoms with E-state index in [2.05, 4.69) is 10.3 Å². The zero-order valence-corrected chi connectivity index (χ0v) is 11.0. The van der Waals surface area contributed by atoms with Crippen molar-refractivity contribution in [2.24, 2.45) is 5.73 Å². The summed E-state index contributed by atoms with van der Waals surface area (Å²) >= 11 is 10.6. The smallest absolute Gasteiger partial charge is 0.270 e. The molecule has 0 saturated carbocycles. The predicted octanol–water partition coefficient (Wildman–Crippen LogP) is 1.92. The van der Waals surface area contributed by atoms with Gasteiger partial charge in [-0.3, -0.25) is 4.79 Å². The highest BCUT2D eigenvalue weighted by Crippen LogP contribution is 2.06. The first kappa shape index (κ1) is 13.9. The molecule has 1 aromatic rings. The minimum atomic E-state index is -0.298. The van der Waals surface area contributed by atoms with E-state index in [1.54, 1.807) is 12.1 Å². The van der Waals surface area contributed by atoms with Gasteiger partial charge in [-0.15, -0.1) is 0 Å². The normalized spacial score (nSPS) is 11.9. The SMILES string of the molecule is CCCC(NC(=O)c1ccc(Cl)cn1)C(N)=S. The number of carbonyl (C=O) groups excluding carboxylic acids is 1. The van der Waals surface area contributed by atoms with Crippen molar-refractivity contribution in [2.45, 2.75) is 25.8 Å². The van der Waals surface area contributed by atoms with Gasteiger partial charge < -0.3 is 11.1 Å². The van der Waals surface area contributed by atoms with Crippen LogP contribution >= 0.6 is 23.8 Å². The summed E-state index contributed by atoms with van der Waals surface area (Å²) in [6.07, 6.45) is 3.02. The van der Waals surface area contributed by atoms with Gasteiger partial charge in [-0.2, -0.15) is 0 Å². The van der Waals surface area contributed by atoms with Crippen molar-refractivity contribution < 1.29 is 4.79 Å². The van der Waals surface area contributed by atoms with Gasteiger partial charge in [0.2, 0.25) is 0 Å². The number of aromatic nitrogens is 1. The van der Waals surface area contributed by atoms with E-state index in [0.29, 0.717) is 17.1 Å². The van der Waals surface area contributed by atoms with Crippen molar-refractivity contribution in [1.29, 1.82) is 0 Å². The van der Waals surface area contributed by atoms with E-state index in [9.17, 15) is 4.79 Å². The number of rotatable bonds is 5. The van der Waals surface area contributed by atoms with Crippen LogP contribution in [0.5, 0.6) is 0 Å². The molecule has 0 bridgehead atoms. The fourth-order valence-electron chi connectivity index (χ4n) is 1.32. The lowest BCUT2D eigenvalue weighted by Gasteiger charge is -2.16. The molecule has 1 heterocycles. The molecule has 6 heteroatoms. The summed E-state index contributed by atoms with van der Waals surface area (Å²) in [5.41, 5.74) is 5.85. The third-order valence-electron chi connectivity index (χ3n) is 2.19. The minimum absolute atomic E-state index is 0.286. The Labute approximate surface area is 111 Å². The number of carbonyl (C=O) groups is 1. The molecular formula is C11H14ClN3OS. The monoisotopic (exact) mass is 271 g/mol. The molecule has 3 N–H and O–H groups in total. The fraction of sp³-hybridized carbons (Fsp3) is 0.364. The van der Waals surface area contributed by atoms with Crippen LogP contribution in [-0.2, 0) is 0 Å². The second-order valence-corrected chi connectivity index (χ2v) is 4.49. The van der Waals surface area contributed by atoms with Crippen molar-refractivity contribution in [1.82, 2.24) is 10.3 Å². The standard InChI is InChI=1S/C11H14ClN3OS/c1-2-3-8(10(13)17)15-11(16)9-5-4-7(12)6-14-9/h4-6,8H,2-3H2,1H3,(H2,13,17)(H,15,16). The van der Waals surface area contributed by atoms with Crippen molar-refractivity contribution in [3.8, 4) is 0 Å². The molecule has 0 aliphatic carbocycles. The molecule has 4 nitrogen and oxygen atoms in total. The van der Waals surface area contributed by atoms with Gasteiger partial charge in [0.1, 0.15) is 5.69 Å². The number of nitrogens with zero attached hydrogens (tertiary/aromatic N) is 1. The quantitative estimate of drug-likeness (QED) is 0.803. The van der Waals surface area contributed by atoms with Crippen LogP contribution in [0.3, 0.4) is 0 Å². The summed E-state index contributed by atoms with van der Waals surface area (Å²) < 4.78 is 0. The highest BCUT2D eigenvalue weighted by atomic mass is 35.5. The molecule has 1 aromatic heterocycles. The average Bonchev–Trinajstić information content (AvgIpc) is 2.29. The van der Waals surface area contributed by atoms with E-state index in [-0.39, 0.29) is 16.9 Å². The lowest BCUT2D eigenvalue weighted by Crippen LogP contribution is -2.43. The number of halogens is 1. The maximum Gasteiger partial charge on any atom is 0.270 e. The molecule has 1 amide bonds. The van der Waals surface area contributed by atoms with Gasteiger partial charge >= 0.3 is 0 Å². The summed E-state index contributed by atoms with van der Waals surface area (Å²) in [4.78, 5) is 16.0. The van der Waals surface area contributed by atoms with Crippen LogP contribution in [-0.4, -0.2) is 21.9 Å². The Hall–Kier alpha value is -1.20. The fourth-order valence-corrected chi connectivity index (χ4v) is 1.61. The topological polar surface area (TPSA) is 68.0 Å². The van der Waals surface area contributed by atoms with Crippen molar-refractivity contribution in [3.63, 3.8) is 0 Å². The van der Waals surface area contributed by atoms with Gasteiger partial charge in [0.05, 0.1) is 16.1 Å². The van der Waals surface area contributed by atoms with Gasteiger partial charge in [0, 0.05) is 6.20 Å². The zero-order chi connectivity index (χ0) is 12.8. The molecule has 0 radical (unpaired) electrons. The minimum Gasteiger partial charge on any atom is -0.392 e. The van der Waals surface area contributed by atoms with Crippen LogP contribution in [0.25, 0.3) is 0 Å². The van der Waals surface area contributed by atoms with Crippen molar-refractivity contribution >= 4 is 34.7 Å². The molecular weight excluding hydrogens is 258 g/mol. The number of pyridine rings is 1. The Morgan fingerprint density at radius 3 is 2.82 bits per heavy atom. The molecule has 1 unspecified atom stereocenters. The van der Waals surface area contributed by atoms with Crippen LogP contribution in [0.4, 0.5) is 0 Å². The summed E-state index contributed by atoms with van der Waals surface area (Å²) in [7, 11) is 0. The molecule has 1 rings (SSSR count). The Morgan fingerprint density at radius 2 is 2.35 bits per heavy atom. The van der Waals surface area contributed by atoms with E-state index in [1.807, 2.05) is 6.92 Å². The van der Waals surface area contributed by atoms with E-state index < -0.39 is 0 Å². The van der Waals surface area contributed by atoms with Crippen LogP contribution in [0.2, 0.25) is 5.02 Å². The molecule has 0 aliphatic heterocycles. The molecule has 92 valence electrons. The zero-order valence-electron chi connectivity index (χ0n) is 9.44. The van der Waals surface area contributed by atoms with Gasteiger partial charge in [-0.25, -0.2) is 4.98 Å². The molecule has 0 saturated heterocycles. The number of hydrogen-bond acceptors (Lipinski definition) is 3. The molecule has 0 aliphatic rings. The third-order valence-corrected chi connectivity index (χ3v) is 2.69. The van der Waals surface area contributed by atoms with Crippen molar-refractivity contribution in [2.75, 3.05) is 0 Å². The van der Waals surface area contributed by atoms with E-state index in [1.165, 1.54) is 6.20 Å². The molecule has 17 heavy (non-hydrogen) atoms. The third kappa shape index (κ3) is 4.28. The second-order valence-electron chi connectivity index (χ2n) is 3.58. The lowest BCUT2D eigenvalue weighted by molar-refractivity contribution is 0.0940. The van der Waals surface area contributed by atoms with E-state index in [4.69, 9.17) is 29.6 Å². The summed E-state index contributed by atoms with van der Waals surface area (Å²) in [6, 6.07) is 2.87. The number of nitrogens with one attached hydrogen (secondary N) is 1. The Balaban J connectivity index is 2.70. The molecule has 0 aromatic carbocycles.